The third-order valence-electron chi connectivity index (χ3n) is 6.60. The minimum atomic E-state index is 0.145. The van der Waals surface area contributed by atoms with Crippen LogP contribution in [0.1, 0.15) is 39.0 Å². The fraction of sp³-hybridized carbons (Fsp3) is 0.696. The zero-order valence-corrected chi connectivity index (χ0v) is 17.7. The lowest BCUT2D eigenvalue weighted by atomic mass is 9.90. The Balaban J connectivity index is 1.27. The van der Waals surface area contributed by atoms with Crippen molar-refractivity contribution >= 4 is 11.6 Å². The highest BCUT2D eigenvalue weighted by molar-refractivity contribution is 5.94. The summed E-state index contributed by atoms with van der Waals surface area (Å²) in [6.07, 6.45) is 6.69. The number of likely N-dealkylation sites (tertiary alicyclic amines) is 1. The van der Waals surface area contributed by atoms with E-state index in [0.29, 0.717) is 32.4 Å². The highest BCUT2D eigenvalue weighted by atomic mass is 16.5. The number of hydrogen-bond acceptors (Lipinski definition) is 5. The number of likely N-dealkylation sites (N-methyl/N-ethyl adjacent to an activating group) is 1. The van der Waals surface area contributed by atoms with E-state index in [0.717, 1.165) is 56.5 Å². The molecule has 0 spiro atoms. The summed E-state index contributed by atoms with van der Waals surface area (Å²) in [5.74, 6) is 1.05. The van der Waals surface area contributed by atoms with E-state index in [-0.39, 0.29) is 5.91 Å². The van der Waals surface area contributed by atoms with E-state index in [4.69, 9.17) is 9.47 Å². The molecule has 6 nitrogen and oxygen atoms in total. The van der Waals surface area contributed by atoms with Gasteiger partial charge >= 0.3 is 0 Å². The zero-order valence-electron chi connectivity index (χ0n) is 17.7. The lowest BCUT2D eigenvalue weighted by Crippen LogP contribution is -2.46. The molecule has 0 atom stereocenters. The van der Waals surface area contributed by atoms with Crippen molar-refractivity contribution in [2.45, 2.75) is 51.2 Å². The SMILES string of the molecule is CCN(C(=O)CN1CCOCC1)c1ccc(OC2CCN(C3CCC3)CC2)cc1. The van der Waals surface area contributed by atoms with Crippen LogP contribution in [0.4, 0.5) is 5.69 Å². The number of amides is 1. The van der Waals surface area contributed by atoms with Crippen molar-refractivity contribution in [2.24, 2.45) is 0 Å². The van der Waals surface area contributed by atoms with E-state index in [2.05, 4.69) is 9.80 Å². The van der Waals surface area contributed by atoms with Crippen LogP contribution >= 0.6 is 0 Å². The molecule has 1 aromatic rings. The number of nitrogens with zero attached hydrogens (tertiary/aromatic N) is 3. The number of anilines is 1. The lowest BCUT2D eigenvalue weighted by molar-refractivity contribution is -0.120. The second-order valence-corrected chi connectivity index (χ2v) is 8.46. The van der Waals surface area contributed by atoms with Crippen LogP contribution in [-0.4, -0.2) is 80.3 Å². The maximum atomic E-state index is 12.8. The number of benzene rings is 1. The molecule has 3 aliphatic rings. The van der Waals surface area contributed by atoms with Gasteiger partial charge in [-0.1, -0.05) is 6.42 Å². The van der Waals surface area contributed by atoms with Crippen molar-refractivity contribution in [3.05, 3.63) is 24.3 Å². The van der Waals surface area contributed by atoms with Crippen LogP contribution in [0.5, 0.6) is 5.75 Å². The van der Waals surface area contributed by atoms with Gasteiger partial charge in [0.15, 0.2) is 0 Å². The summed E-state index contributed by atoms with van der Waals surface area (Å²) in [5.41, 5.74) is 0.943. The molecule has 6 heteroatoms. The minimum absolute atomic E-state index is 0.145. The first-order valence-electron chi connectivity index (χ1n) is 11.3. The van der Waals surface area contributed by atoms with Crippen LogP contribution in [0.3, 0.4) is 0 Å². The van der Waals surface area contributed by atoms with Crippen molar-refractivity contribution in [3.8, 4) is 5.75 Å². The van der Waals surface area contributed by atoms with Gasteiger partial charge in [0, 0.05) is 44.5 Å². The first kappa shape index (κ1) is 20.6. The molecular weight excluding hydrogens is 366 g/mol. The molecule has 3 fully saturated rings. The van der Waals surface area contributed by atoms with Crippen LogP contribution in [0, 0.1) is 0 Å². The van der Waals surface area contributed by atoms with Crippen molar-refractivity contribution in [2.75, 3.05) is 57.4 Å². The molecular formula is C23H35N3O3. The second-order valence-electron chi connectivity index (χ2n) is 8.46. The second kappa shape index (κ2) is 9.92. The third kappa shape index (κ3) is 5.30. The van der Waals surface area contributed by atoms with E-state index >= 15 is 0 Å². The molecule has 1 aromatic carbocycles. The fourth-order valence-corrected chi connectivity index (χ4v) is 4.55. The Kier molecular flexibility index (Phi) is 7.06. The summed E-state index contributed by atoms with van der Waals surface area (Å²) in [4.78, 5) is 19.4. The summed E-state index contributed by atoms with van der Waals surface area (Å²) < 4.78 is 11.6. The molecule has 0 aromatic heterocycles. The van der Waals surface area contributed by atoms with Gasteiger partial charge in [0.05, 0.1) is 19.8 Å². The molecule has 1 amide bonds. The molecule has 0 radical (unpaired) electrons. The standard InChI is InChI=1S/C23H35N3O3/c1-2-26(23(27)18-24-14-16-28-17-15-24)20-6-8-21(9-7-20)29-22-10-12-25(13-11-22)19-4-3-5-19/h6-9,19,22H,2-5,10-18H2,1H3. The van der Waals surface area contributed by atoms with E-state index < -0.39 is 0 Å². The first-order chi connectivity index (χ1) is 14.2. The maximum Gasteiger partial charge on any atom is 0.241 e. The van der Waals surface area contributed by atoms with E-state index in [9.17, 15) is 4.79 Å². The summed E-state index contributed by atoms with van der Waals surface area (Å²) in [5, 5.41) is 0. The summed E-state index contributed by atoms with van der Waals surface area (Å²) in [6.45, 7) is 8.55. The first-order valence-corrected chi connectivity index (χ1v) is 11.3. The molecule has 2 aliphatic heterocycles. The van der Waals surface area contributed by atoms with Gasteiger partial charge in [0.25, 0.3) is 0 Å². The van der Waals surface area contributed by atoms with E-state index in [1.165, 1.54) is 19.3 Å². The van der Waals surface area contributed by atoms with Crippen molar-refractivity contribution in [3.63, 3.8) is 0 Å². The molecule has 0 unspecified atom stereocenters. The molecule has 29 heavy (non-hydrogen) atoms. The third-order valence-corrected chi connectivity index (χ3v) is 6.60. The molecule has 0 bridgehead atoms. The number of hydrogen-bond donors (Lipinski definition) is 0. The predicted molar refractivity (Wildman–Crippen MR) is 115 cm³/mol. The van der Waals surface area contributed by atoms with Gasteiger partial charge in [-0.25, -0.2) is 0 Å². The van der Waals surface area contributed by atoms with E-state index in [1.807, 2.05) is 36.1 Å². The smallest absolute Gasteiger partial charge is 0.241 e. The Hall–Kier alpha value is -1.63. The molecule has 2 heterocycles. The molecule has 1 aliphatic carbocycles. The summed E-state index contributed by atoms with van der Waals surface area (Å²) in [7, 11) is 0. The highest BCUT2D eigenvalue weighted by Gasteiger charge is 2.29. The normalized spacial score (nSPS) is 22.2. The summed E-state index contributed by atoms with van der Waals surface area (Å²) in [6, 6.07) is 8.89. The van der Waals surface area contributed by atoms with Gasteiger partial charge < -0.3 is 19.3 Å². The van der Waals surface area contributed by atoms with Gasteiger partial charge in [-0.05, 0) is 56.9 Å². The number of carbonyl (C=O) groups is 1. The molecule has 1 saturated carbocycles. The van der Waals surface area contributed by atoms with Crippen LogP contribution in [-0.2, 0) is 9.53 Å². The summed E-state index contributed by atoms with van der Waals surface area (Å²) >= 11 is 0. The van der Waals surface area contributed by atoms with Gasteiger partial charge in [0.1, 0.15) is 11.9 Å². The van der Waals surface area contributed by atoms with E-state index in [1.54, 1.807) is 0 Å². The Morgan fingerprint density at radius 2 is 1.76 bits per heavy atom. The fourth-order valence-electron chi connectivity index (χ4n) is 4.55. The van der Waals surface area contributed by atoms with Crippen molar-refractivity contribution in [1.29, 1.82) is 0 Å². The molecule has 2 saturated heterocycles. The number of carbonyl (C=O) groups excluding carboxylic acids is 1. The van der Waals surface area contributed by atoms with Crippen LogP contribution < -0.4 is 9.64 Å². The van der Waals surface area contributed by atoms with Crippen molar-refractivity contribution < 1.29 is 14.3 Å². The molecule has 4 rings (SSSR count). The number of piperidine rings is 1. The monoisotopic (exact) mass is 401 g/mol. The van der Waals surface area contributed by atoms with Crippen LogP contribution in [0.15, 0.2) is 24.3 Å². The van der Waals surface area contributed by atoms with Crippen LogP contribution in [0.2, 0.25) is 0 Å². The number of rotatable bonds is 7. The topological polar surface area (TPSA) is 45.3 Å². The minimum Gasteiger partial charge on any atom is -0.490 e. The Bertz CT molecular complexity index is 648. The average Bonchev–Trinajstić information content (AvgIpc) is 2.71. The number of morpholine rings is 1. The Morgan fingerprint density at radius 1 is 1.07 bits per heavy atom. The Labute approximate surface area is 174 Å². The number of ether oxygens (including phenoxy) is 2. The Morgan fingerprint density at radius 3 is 2.34 bits per heavy atom. The van der Waals surface area contributed by atoms with Crippen LogP contribution in [0.25, 0.3) is 0 Å². The van der Waals surface area contributed by atoms with Gasteiger partial charge in [0.2, 0.25) is 5.91 Å². The molecule has 0 N–H and O–H groups in total. The van der Waals surface area contributed by atoms with Gasteiger partial charge in [-0.15, -0.1) is 0 Å². The van der Waals surface area contributed by atoms with Gasteiger partial charge in [-0.2, -0.15) is 0 Å². The predicted octanol–water partition coefficient (Wildman–Crippen LogP) is 2.77. The molecule has 160 valence electrons. The zero-order chi connectivity index (χ0) is 20.1. The van der Waals surface area contributed by atoms with Crippen molar-refractivity contribution in [1.82, 2.24) is 9.80 Å². The van der Waals surface area contributed by atoms with Gasteiger partial charge in [-0.3, -0.25) is 9.69 Å². The quantitative estimate of drug-likeness (QED) is 0.703. The lowest BCUT2D eigenvalue weighted by Gasteiger charge is -2.41. The largest absolute Gasteiger partial charge is 0.490 e. The highest BCUT2D eigenvalue weighted by Crippen LogP contribution is 2.29. The average molecular weight is 402 g/mol. The maximum absolute atomic E-state index is 12.8.